The van der Waals surface area contributed by atoms with E-state index in [-0.39, 0.29) is 32.0 Å². The Morgan fingerprint density at radius 1 is 0.615 bits per heavy atom. The van der Waals surface area contributed by atoms with Crippen LogP contribution in [0.25, 0.3) is 0 Å². The molecule has 1 unspecified atom stereocenters. The molecule has 0 radical (unpaired) electrons. The Morgan fingerprint density at radius 2 is 1.10 bits per heavy atom. The summed E-state index contributed by atoms with van der Waals surface area (Å²) in [7, 11) is 1.45. The molecule has 0 fully saturated rings. The molecule has 0 spiro atoms. The van der Waals surface area contributed by atoms with Crippen molar-refractivity contribution in [1.29, 1.82) is 0 Å². The van der Waals surface area contributed by atoms with Gasteiger partial charge in [-0.05, 0) is 70.6 Å². The van der Waals surface area contributed by atoms with Crippen LogP contribution in [-0.2, 0) is 32.7 Å². The van der Waals surface area contributed by atoms with Crippen LogP contribution in [0.1, 0.15) is 155 Å². The Bertz CT molecular complexity index is 1030. The van der Waals surface area contributed by atoms with Crippen molar-refractivity contribution in [2.75, 3.05) is 47.5 Å². The van der Waals surface area contributed by atoms with Gasteiger partial charge < -0.3 is 18.9 Å². The number of nitrogens with zero attached hydrogens (tertiary/aromatic N) is 1. The molecule has 0 heterocycles. The van der Waals surface area contributed by atoms with Crippen LogP contribution >= 0.6 is 7.82 Å². The smallest absolute Gasteiger partial charge is 0.462 e. The van der Waals surface area contributed by atoms with E-state index in [1.54, 1.807) is 0 Å². The molecule has 0 aromatic carbocycles. The Balaban J connectivity index is 4.46. The molecule has 0 aliphatic heterocycles. The fourth-order valence-corrected chi connectivity index (χ4v) is 5.88. The largest absolute Gasteiger partial charge is 0.472 e. The van der Waals surface area contributed by atoms with E-state index < -0.39 is 26.5 Å². The molecule has 0 saturated carbocycles. The first kappa shape index (κ1) is 50.0. The minimum absolute atomic E-state index is 0.0252. The molecule has 52 heavy (non-hydrogen) atoms. The lowest BCUT2D eigenvalue weighted by molar-refractivity contribution is -0.870. The number of hydrogen-bond acceptors (Lipinski definition) is 7. The molecular formula is C42H77NO8P+. The Labute approximate surface area is 318 Å². The van der Waals surface area contributed by atoms with Gasteiger partial charge in [0.15, 0.2) is 6.10 Å². The molecule has 1 N–H and O–H groups in total. The molecule has 0 rings (SSSR count). The molecule has 0 saturated heterocycles. The number of quaternary nitrogens is 1. The summed E-state index contributed by atoms with van der Waals surface area (Å²) in [5.41, 5.74) is 0. The number of unbranched alkanes of at least 4 members (excludes halogenated alkanes) is 14. The summed E-state index contributed by atoms with van der Waals surface area (Å²) in [6.07, 6.45) is 38.7. The van der Waals surface area contributed by atoms with Crippen LogP contribution in [0, 0.1) is 0 Å². The second-order valence-corrected chi connectivity index (χ2v) is 16.1. The molecule has 0 bridgehead atoms. The van der Waals surface area contributed by atoms with Crippen molar-refractivity contribution in [3.05, 3.63) is 48.6 Å². The number of allylic oxidation sites excluding steroid dienone is 8. The molecule has 0 aromatic rings. The molecule has 2 atom stereocenters. The van der Waals surface area contributed by atoms with E-state index >= 15 is 0 Å². The maximum Gasteiger partial charge on any atom is 0.472 e. The van der Waals surface area contributed by atoms with E-state index in [9.17, 15) is 19.0 Å². The van der Waals surface area contributed by atoms with Gasteiger partial charge in [0.2, 0.25) is 0 Å². The number of carbonyl (C=O) groups excluding carboxylic acids is 2. The fraction of sp³-hybridized carbons (Fsp3) is 0.762. The molecule has 0 aromatic heterocycles. The summed E-state index contributed by atoms with van der Waals surface area (Å²) in [6, 6.07) is 0. The van der Waals surface area contributed by atoms with Crippen molar-refractivity contribution >= 4 is 19.8 Å². The van der Waals surface area contributed by atoms with Gasteiger partial charge in [0.25, 0.3) is 0 Å². The van der Waals surface area contributed by atoms with E-state index in [0.717, 1.165) is 89.9 Å². The van der Waals surface area contributed by atoms with Gasteiger partial charge in [-0.3, -0.25) is 18.6 Å². The number of likely N-dealkylation sites (N-methyl/N-ethyl adjacent to an activating group) is 1. The van der Waals surface area contributed by atoms with Crippen molar-refractivity contribution in [2.24, 2.45) is 0 Å². The number of carbonyl (C=O) groups is 2. The molecule has 302 valence electrons. The molecule has 0 aliphatic carbocycles. The maximum absolute atomic E-state index is 12.6. The number of rotatable bonds is 36. The van der Waals surface area contributed by atoms with Crippen LogP contribution in [-0.4, -0.2) is 74.9 Å². The highest BCUT2D eigenvalue weighted by molar-refractivity contribution is 7.47. The van der Waals surface area contributed by atoms with Gasteiger partial charge in [0.05, 0.1) is 27.7 Å². The third kappa shape index (κ3) is 37.7. The molecule has 10 heteroatoms. The predicted molar refractivity (Wildman–Crippen MR) is 215 cm³/mol. The van der Waals surface area contributed by atoms with Crippen LogP contribution in [0.3, 0.4) is 0 Å². The van der Waals surface area contributed by atoms with Crippen LogP contribution in [0.4, 0.5) is 0 Å². The van der Waals surface area contributed by atoms with Crippen LogP contribution in [0.5, 0.6) is 0 Å². The monoisotopic (exact) mass is 755 g/mol. The van der Waals surface area contributed by atoms with Gasteiger partial charge in [-0.2, -0.15) is 0 Å². The van der Waals surface area contributed by atoms with E-state index in [0.29, 0.717) is 17.4 Å². The second-order valence-electron chi connectivity index (χ2n) is 14.6. The number of phosphoric acid groups is 1. The molecule has 0 aliphatic rings. The first-order chi connectivity index (χ1) is 25.0. The summed E-state index contributed by atoms with van der Waals surface area (Å²) >= 11 is 0. The fourth-order valence-electron chi connectivity index (χ4n) is 5.14. The summed E-state index contributed by atoms with van der Waals surface area (Å²) in [4.78, 5) is 35.2. The lowest BCUT2D eigenvalue weighted by Crippen LogP contribution is -2.37. The van der Waals surface area contributed by atoms with Crippen LogP contribution < -0.4 is 0 Å². The highest BCUT2D eigenvalue weighted by atomic mass is 31.2. The third-order valence-corrected chi connectivity index (χ3v) is 9.33. The SMILES string of the molecule is CC/C=C/C/C=C/C/C=C/CCCCCCCC(=O)O[C@H](COC(=O)CCCCCCC/C=C/CCCCCC)COP(=O)(O)OCC[N+](C)(C)C. The zero-order valence-corrected chi connectivity index (χ0v) is 34.7. The van der Waals surface area contributed by atoms with Crippen molar-refractivity contribution in [3.63, 3.8) is 0 Å². The van der Waals surface area contributed by atoms with Gasteiger partial charge in [0, 0.05) is 12.8 Å². The van der Waals surface area contributed by atoms with Crippen molar-refractivity contribution in [1.82, 2.24) is 0 Å². The van der Waals surface area contributed by atoms with Gasteiger partial charge in [-0.25, -0.2) is 4.57 Å². The van der Waals surface area contributed by atoms with E-state index in [2.05, 4.69) is 62.5 Å². The van der Waals surface area contributed by atoms with Crippen LogP contribution in [0.2, 0.25) is 0 Å². The number of esters is 2. The van der Waals surface area contributed by atoms with Crippen molar-refractivity contribution in [2.45, 2.75) is 161 Å². The standard InChI is InChI=1S/C42H76NO8P/c1-6-8-10-12-14-16-18-20-21-23-25-27-29-31-33-35-42(45)51-40(39-50-52(46,47)49-37-36-43(3,4)5)38-48-41(44)34-32-30-28-26-24-22-19-17-15-13-11-9-7-2/h8,10,14,16-17,19-21,40H,6-7,9,11-13,15,18,22-39H2,1-5H3/p+1/b10-8+,16-14+,19-17+,21-20+/t40-/m1/s1. The van der Waals surface area contributed by atoms with Crippen molar-refractivity contribution < 1.29 is 42.1 Å². The van der Waals surface area contributed by atoms with Crippen molar-refractivity contribution in [3.8, 4) is 0 Å². The molecule has 0 amide bonds. The number of ether oxygens (including phenoxy) is 2. The summed E-state index contributed by atoms with van der Waals surface area (Å²) in [5.74, 6) is -0.833. The second kappa shape index (κ2) is 34.7. The topological polar surface area (TPSA) is 108 Å². The van der Waals surface area contributed by atoms with Crippen LogP contribution in [0.15, 0.2) is 48.6 Å². The average Bonchev–Trinajstić information content (AvgIpc) is 3.09. The summed E-state index contributed by atoms with van der Waals surface area (Å²) in [6.45, 7) is 4.24. The first-order valence-corrected chi connectivity index (χ1v) is 21.9. The zero-order valence-electron chi connectivity index (χ0n) is 33.8. The summed E-state index contributed by atoms with van der Waals surface area (Å²) < 4.78 is 34.2. The normalized spacial score (nSPS) is 14.2. The predicted octanol–water partition coefficient (Wildman–Crippen LogP) is 11.1. The lowest BCUT2D eigenvalue weighted by atomic mass is 10.1. The summed E-state index contributed by atoms with van der Waals surface area (Å²) in [5, 5.41) is 0. The average molecular weight is 755 g/mol. The van der Waals surface area contributed by atoms with Gasteiger partial charge in [-0.1, -0.05) is 120 Å². The number of hydrogen-bond donors (Lipinski definition) is 1. The van der Waals surface area contributed by atoms with E-state index in [1.165, 1.54) is 32.1 Å². The van der Waals surface area contributed by atoms with Gasteiger partial charge in [0.1, 0.15) is 19.8 Å². The quantitative estimate of drug-likeness (QED) is 0.0221. The highest BCUT2D eigenvalue weighted by Crippen LogP contribution is 2.43. The zero-order chi connectivity index (χ0) is 38.6. The van der Waals surface area contributed by atoms with Gasteiger partial charge >= 0.3 is 19.8 Å². The number of phosphoric ester groups is 1. The van der Waals surface area contributed by atoms with Gasteiger partial charge in [-0.15, -0.1) is 0 Å². The third-order valence-electron chi connectivity index (χ3n) is 8.34. The minimum atomic E-state index is -4.38. The molecular weight excluding hydrogens is 677 g/mol. The Kier molecular flexibility index (Phi) is 33.4. The molecule has 9 nitrogen and oxygen atoms in total. The maximum atomic E-state index is 12.6. The Morgan fingerprint density at radius 3 is 1.65 bits per heavy atom. The Hall–Kier alpha value is -2.03. The highest BCUT2D eigenvalue weighted by Gasteiger charge is 2.27. The van der Waals surface area contributed by atoms with E-state index in [1.807, 2.05) is 21.1 Å². The van der Waals surface area contributed by atoms with E-state index in [4.69, 9.17) is 18.5 Å². The lowest BCUT2D eigenvalue weighted by Gasteiger charge is -2.24. The minimum Gasteiger partial charge on any atom is -0.462 e. The first-order valence-electron chi connectivity index (χ1n) is 20.4.